The van der Waals surface area contributed by atoms with Crippen molar-refractivity contribution in [2.24, 2.45) is 17.8 Å². The Hall–Kier alpha value is -2.56. The zero-order valence-electron chi connectivity index (χ0n) is 23.2. The van der Waals surface area contributed by atoms with Crippen LogP contribution in [0.2, 0.25) is 5.02 Å². The molecule has 0 radical (unpaired) electrons. The molecule has 2 aromatic carbocycles. The molecule has 4 nitrogen and oxygen atoms in total. The molecule has 1 aliphatic carbocycles. The number of aromatic hydroxyl groups is 2. The molecule has 206 valence electrons. The average Bonchev–Trinajstić information content (AvgIpc) is 3.69. The van der Waals surface area contributed by atoms with Crippen molar-refractivity contribution in [3.63, 3.8) is 0 Å². The molecule has 0 aliphatic heterocycles. The van der Waals surface area contributed by atoms with E-state index in [9.17, 15) is 20.1 Å². The minimum absolute atomic E-state index is 0.114. The van der Waals surface area contributed by atoms with Crippen molar-refractivity contribution in [2.75, 3.05) is 0 Å². The Kier molecular flexibility index (Phi) is 11.1. The Morgan fingerprint density at radius 2 is 1.87 bits per heavy atom. The Bertz CT molecular complexity index is 1150. The van der Waals surface area contributed by atoms with Crippen LogP contribution in [0, 0.1) is 24.7 Å². The van der Waals surface area contributed by atoms with Crippen molar-refractivity contribution < 1.29 is 20.1 Å². The largest absolute Gasteiger partial charge is 0.508 e. The maximum Gasteiger partial charge on any atom is 0.136 e. The average molecular weight is 539 g/mol. The monoisotopic (exact) mass is 538 g/mol. The zero-order chi connectivity index (χ0) is 27.8. The number of phenols is 2. The molecule has 1 aliphatic rings. The fraction of sp³-hybridized carbons (Fsp3) is 0.485. The number of Topliss-reactive ketones (excluding diaryl/α,β-unsaturated/α-hetero) is 1. The van der Waals surface area contributed by atoms with Crippen LogP contribution in [0.4, 0.5) is 0 Å². The maximum atomic E-state index is 13.1. The summed E-state index contributed by atoms with van der Waals surface area (Å²) in [7, 11) is 0. The van der Waals surface area contributed by atoms with Gasteiger partial charge in [-0.1, -0.05) is 60.9 Å². The molecule has 1 fully saturated rings. The molecule has 0 bridgehead atoms. The van der Waals surface area contributed by atoms with Gasteiger partial charge in [-0.3, -0.25) is 4.79 Å². The standard InChI is InChI=1S/C33H43ClO4/c1-5-7-8-21(3)9-16-27-29(33(38)22(4)17-31(27)36)20-30(35)25(19-32(37)28-18-24(28)6-2)13-10-23-11-14-26(34)15-12-23/h5,7-8,11-12,14-15,17,24-25,28,30,35-36,38H,6,9-10,13,16,18-20H2,1-4H3/b7-5?,21-8+. The molecular formula is C33H43ClO4. The second-order valence-corrected chi connectivity index (χ2v) is 11.4. The number of aliphatic hydroxyl groups is 1. The molecule has 4 unspecified atom stereocenters. The van der Waals surface area contributed by atoms with E-state index in [0.717, 1.165) is 36.8 Å². The highest BCUT2D eigenvalue weighted by Crippen LogP contribution is 2.43. The quantitative estimate of drug-likeness (QED) is 0.170. The number of carbonyl (C=O) groups excluding carboxylic acids is 1. The lowest BCUT2D eigenvalue weighted by Crippen LogP contribution is -2.27. The molecule has 1 saturated carbocycles. The molecule has 0 spiro atoms. The Morgan fingerprint density at radius 3 is 2.50 bits per heavy atom. The number of allylic oxidation sites excluding steroid dienone is 4. The van der Waals surface area contributed by atoms with Gasteiger partial charge in [-0.05, 0) is 94.0 Å². The van der Waals surface area contributed by atoms with Crippen molar-refractivity contribution in [2.45, 2.75) is 85.2 Å². The summed E-state index contributed by atoms with van der Waals surface area (Å²) < 4.78 is 0. The van der Waals surface area contributed by atoms with Crippen LogP contribution >= 0.6 is 11.6 Å². The van der Waals surface area contributed by atoms with E-state index in [0.29, 0.717) is 46.9 Å². The second-order valence-electron chi connectivity index (χ2n) is 10.9. The number of phenolic OH excluding ortho intramolecular Hbond substituents is 2. The van der Waals surface area contributed by atoms with Crippen LogP contribution in [0.25, 0.3) is 0 Å². The molecule has 4 atom stereocenters. The fourth-order valence-electron chi connectivity index (χ4n) is 5.37. The summed E-state index contributed by atoms with van der Waals surface area (Å²) >= 11 is 6.04. The van der Waals surface area contributed by atoms with Gasteiger partial charge in [-0.2, -0.15) is 0 Å². The summed E-state index contributed by atoms with van der Waals surface area (Å²) in [5, 5.41) is 34.0. The van der Waals surface area contributed by atoms with E-state index in [1.54, 1.807) is 13.0 Å². The predicted octanol–water partition coefficient (Wildman–Crippen LogP) is 7.67. The van der Waals surface area contributed by atoms with Gasteiger partial charge < -0.3 is 15.3 Å². The summed E-state index contributed by atoms with van der Waals surface area (Å²) in [6.07, 6.45) is 10.3. The minimum Gasteiger partial charge on any atom is -0.508 e. The van der Waals surface area contributed by atoms with Crippen molar-refractivity contribution in [3.05, 3.63) is 81.4 Å². The number of aliphatic hydroxyl groups excluding tert-OH is 1. The third kappa shape index (κ3) is 8.22. The third-order valence-electron chi connectivity index (χ3n) is 8.03. The topological polar surface area (TPSA) is 77.8 Å². The van der Waals surface area contributed by atoms with Crippen molar-refractivity contribution in [3.8, 4) is 11.5 Å². The smallest absolute Gasteiger partial charge is 0.136 e. The lowest BCUT2D eigenvalue weighted by molar-refractivity contribution is -0.122. The fourth-order valence-corrected chi connectivity index (χ4v) is 5.50. The molecule has 5 heteroatoms. The van der Waals surface area contributed by atoms with Crippen molar-refractivity contribution in [1.29, 1.82) is 0 Å². The SMILES string of the molecule is CC=C/C=C(\C)CCc1c(O)cc(C)c(O)c1CC(O)C(CCc1ccc(Cl)cc1)CC(=O)C1CC1CC. The van der Waals surface area contributed by atoms with Crippen LogP contribution in [0.15, 0.2) is 54.1 Å². The Morgan fingerprint density at radius 1 is 1.16 bits per heavy atom. The number of benzene rings is 2. The van der Waals surface area contributed by atoms with E-state index >= 15 is 0 Å². The molecular weight excluding hydrogens is 496 g/mol. The minimum atomic E-state index is -0.824. The van der Waals surface area contributed by atoms with Gasteiger partial charge >= 0.3 is 0 Å². The van der Waals surface area contributed by atoms with E-state index in [1.165, 1.54) is 0 Å². The van der Waals surface area contributed by atoms with Crippen LogP contribution < -0.4 is 0 Å². The molecule has 2 aromatic rings. The van der Waals surface area contributed by atoms with Gasteiger partial charge in [0.05, 0.1) is 6.10 Å². The summed E-state index contributed by atoms with van der Waals surface area (Å²) in [5.74, 6) is 0.826. The van der Waals surface area contributed by atoms with Crippen molar-refractivity contribution >= 4 is 17.4 Å². The molecule has 3 rings (SSSR count). The number of hydrogen-bond acceptors (Lipinski definition) is 4. The number of rotatable bonds is 14. The normalized spacial score (nSPS) is 19.1. The Balaban J connectivity index is 1.82. The highest BCUT2D eigenvalue weighted by molar-refractivity contribution is 6.30. The molecule has 38 heavy (non-hydrogen) atoms. The van der Waals surface area contributed by atoms with E-state index in [1.807, 2.05) is 56.3 Å². The van der Waals surface area contributed by atoms with Crippen LogP contribution in [0.5, 0.6) is 11.5 Å². The number of carbonyl (C=O) groups is 1. The highest BCUT2D eigenvalue weighted by atomic mass is 35.5. The van der Waals surface area contributed by atoms with Crippen LogP contribution in [-0.4, -0.2) is 27.2 Å². The first-order valence-corrected chi connectivity index (χ1v) is 14.3. The highest BCUT2D eigenvalue weighted by Gasteiger charge is 2.42. The summed E-state index contributed by atoms with van der Waals surface area (Å²) in [5.41, 5.74) is 4.09. The van der Waals surface area contributed by atoms with Gasteiger partial charge in [0.2, 0.25) is 0 Å². The Labute approximate surface area is 233 Å². The first kappa shape index (κ1) is 30.0. The molecule has 0 saturated heterocycles. The van der Waals surface area contributed by atoms with E-state index < -0.39 is 6.10 Å². The van der Waals surface area contributed by atoms with Crippen molar-refractivity contribution in [1.82, 2.24) is 0 Å². The van der Waals surface area contributed by atoms with Gasteiger partial charge in [0.25, 0.3) is 0 Å². The van der Waals surface area contributed by atoms with Gasteiger partial charge in [0, 0.05) is 34.9 Å². The van der Waals surface area contributed by atoms with Crippen LogP contribution in [0.1, 0.15) is 75.1 Å². The first-order chi connectivity index (χ1) is 18.1. The molecule has 0 aromatic heterocycles. The summed E-state index contributed by atoms with van der Waals surface area (Å²) in [4.78, 5) is 13.1. The first-order valence-electron chi connectivity index (χ1n) is 13.9. The number of aryl methyl sites for hydroxylation is 2. The molecule has 0 heterocycles. The lowest BCUT2D eigenvalue weighted by atomic mass is 9.83. The van der Waals surface area contributed by atoms with Gasteiger partial charge in [-0.25, -0.2) is 0 Å². The number of halogens is 1. The van der Waals surface area contributed by atoms with Gasteiger partial charge in [0.1, 0.15) is 17.3 Å². The maximum absolute atomic E-state index is 13.1. The van der Waals surface area contributed by atoms with Crippen LogP contribution in [-0.2, 0) is 24.1 Å². The van der Waals surface area contributed by atoms with Gasteiger partial charge in [-0.15, -0.1) is 0 Å². The zero-order valence-corrected chi connectivity index (χ0v) is 24.0. The lowest BCUT2D eigenvalue weighted by Gasteiger charge is -2.25. The third-order valence-corrected chi connectivity index (χ3v) is 8.28. The number of ketones is 1. The predicted molar refractivity (Wildman–Crippen MR) is 156 cm³/mol. The molecule has 0 amide bonds. The summed E-state index contributed by atoms with van der Waals surface area (Å²) in [6.45, 7) is 7.88. The number of hydrogen-bond donors (Lipinski definition) is 3. The summed E-state index contributed by atoms with van der Waals surface area (Å²) in [6, 6.07) is 9.26. The van der Waals surface area contributed by atoms with E-state index in [-0.39, 0.29) is 35.5 Å². The van der Waals surface area contributed by atoms with Crippen LogP contribution in [0.3, 0.4) is 0 Å². The van der Waals surface area contributed by atoms with E-state index in [4.69, 9.17) is 11.6 Å². The van der Waals surface area contributed by atoms with E-state index in [2.05, 4.69) is 6.92 Å². The second kappa shape index (κ2) is 14.0. The van der Waals surface area contributed by atoms with Gasteiger partial charge in [0.15, 0.2) is 0 Å². The molecule has 3 N–H and O–H groups in total.